The molecule has 6 unspecified atom stereocenters. The van der Waals surface area contributed by atoms with Crippen molar-refractivity contribution >= 4 is 0 Å². The summed E-state index contributed by atoms with van der Waals surface area (Å²) in [6.07, 6.45) is 17.9. The number of likely N-dealkylation sites (tertiary alicyclic amines) is 1. The normalized spacial score (nSPS) is 38.7. The van der Waals surface area contributed by atoms with Gasteiger partial charge < -0.3 is 20.9 Å². The van der Waals surface area contributed by atoms with E-state index in [0.29, 0.717) is 34.9 Å². The fourth-order valence-corrected chi connectivity index (χ4v) is 10.2. The molecule has 3 heterocycles. The molecule has 6 nitrogen and oxygen atoms in total. The minimum Gasteiger partial charge on any atom is -0.316 e. The molecule has 0 aromatic heterocycles. The van der Waals surface area contributed by atoms with E-state index >= 15 is 0 Å². The van der Waals surface area contributed by atoms with Crippen LogP contribution < -0.4 is 16.0 Å². The first-order chi connectivity index (χ1) is 22.9. The zero-order valence-electron chi connectivity index (χ0n) is 29.4. The van der Waals surface area contributed by atoms with E-state index in [-0.39, 0.29) is 0 Å². The lowest BCUT2D eigenvalue weighted by Crippen LogP contribution is -2.57. The molecule has 1 aromatic rings. The van der Waals surface area contributed by atoms with Crippen molar-refractivity contribution in [3.8, 4) is 0 Å². The molecule has 0 spiro atoms. The van der Waals surface area contributed by atoms with Crippen LogP contribution in [0.25, 0.3) is 0 Å². The summed E-state index contributed by atoms with van der Waals surface area (Å²) in [5, 5.41) is 11.7. The molecule has 9 rings (SSSR count). The zero-order chi connectivity index (χ0) is 31.6. The Hall–Kier alpha value is -1.54. The fourth-order valence-electron chi connectivity index (χ4n) is 10.2. The lowest BCUT2D eigenvalue weighted by atomic mass is 9.99. The number of rotatable bonds is 14. The predicted octanol–water partition coefficient (Wildman–Crippen LogP) is 4.99. The standard InChI is InChI=1S/C41H62N6/c1-29-21-47(28-41(13-14-41)26-44-38-16-36(38)32-8-4-3-5-9-32)30(2)20-46(29)22-31-7-6-10-33(15-31)37-17-39(37)43-25-40(11-12-40)27-45-23-34-18-42-19-35(34)24-45/h3-4,6-8,10,15,29-30,34-39,42-44H,5,9,11-14,16-28H2,1-2H3/t29-,30+,34?,35?,36?,37?,38?,39?/m1/s1. The van der Waals surface area contributed by atoms with Crippen LogP contribution in [0.4, 0.5) is 0 Å². The number of allylic oxidation sites excluding steroid dienone is 3. The molecule has 5 aliphatic carbocycles. The third kappa shape index (κ3) is 7.07. The van der Waals surface area contributed by atoms with Crippen molar-refractivity contribution < 1.29 is 0 Å². The second-order valence-corrected chi connectivity index (χ2v) is 18.0. The number of nitrogens with zero attached hydrogens (tertiary/aromatic N) is 3. The largest absolute Gasteiger partial charge is 0.316 e. The van der Waals surface area contributed by atoms with Crippen molar-refractivity contribution in [1.82, 2.24) is 30.7 Å². The molecule has 3 N–H and O–H groups in total. The Morgan fingerprint density at radius 2 is 1.49 bits per heavy atom. The highest BCUT2D eigenvalue weighted by Gasteiger charge is 2.50. The molecule has 8 atom stereocenters. The summed E-state index contributed by atoms with van der Waals surface area (Å²) in [6, 6.07) is 12.3. The third-order valence-electron chi connectivity index (χ3n) is 14.1. The summed E-state index contributed by atoms with van der Waals surface area (Å²) < 4.78 is 0. The van der Waals surface area contributed by atoms with Gasteiger partial charge in [-0.3, -0.25) is 9.80 Å². The number of piperazine rings is 1. The molecular formula is C41H62N6. The smallest absolute Gasteiger partial charge is 0.0237 e. The highest BCUT2D eigenvalue weighted by atomic mass is 15.3. The molecule has 256 valence electrons. The average Bonchev–Trinajstić information content (AvgIpc) is 3.93. The van der Waals surface area contributed by atoms with Gasteiger partial charge in [-0.25, -0.2) is 0 Å². The van der Waals surface area contributed by atoms with Gasteiger partial charge in [-0.05, 0) is 118 Å². The quantitative estimate of drug-likeness (QED) is 0.267. The first-order valence-corrected chi connectivity index (χ1v) is 19.8. The van der Waals surface area contributed by atoms with Crippen molar-refractivity contribution in [2.75, 3.05) is 65.4 Å². The van der Waals surface area contributed by atoms with Crippen molar-refractivity contribution in [3.63, 3.8) is 0 Å². The first kappa shape index (κ1) is 31.4. The first-order valence-electron chi connectivity index (χ1n) is 19.8. The molecule has 4 saturated carbocycles. The average molecular weight is 639 g/mol. The summed E-state index contributed by atoms with van der Waals surface area (Å²) in [4.78, 5) is 8.41. The van der Waals surface area contributed by atoms with Gasteiger partial charge in [-0.1, -0.05) is 48.1 Å². The van der Waals surface area contributed by atoms with Crippen LogP contribution in [0.5, 0.6) is 0 Å². The summed E-state index contributed by atoms with van der Waals surface area (Å²) in [7, 11) is 0. The van der Waals surface area contributed by atoms with E-state index in [0.717, 1.165) is 30.3 Å². The highest BCUT2D eigenvalue weighted by molar-refractivity contribution is 5.32. The van der Waals surface area contributed by atoms with Crippen LogP contribution in [0.15, 0.2) is 48.1 Å². The van der Waals surface area contributed by atoms with Crippen LogP contribution in [0.1, 0.15) is 82.3 Å². The number of nitrogens with one attached hydrogen (secondary N) is 3. The number of hydrogen-bond acceptors (Lipinski definition) is 6. The molecule has 0 bridgehead atoms. The maximum Gasteiger partial charge on any atom is 0.0237 e. The van der Waals surface area contributed by atoms with Gasteiger partial charge in [-0.2, -0.15) is 0 Å². The van der Waals surface area contributed by atoms with Crippen LogP contribution in [-0.4, -0.2) is 104 Å². The maximum atomic E-state index is 4.05. The second-order valence-electron chi connectivity index (χ2n) is 18.0. The van der Waals surface area contributed by atoms with Crippen LogP contribution in [-0.2, 0) is 6.54 Å². The summed E-state index contributed by atoms with van der Waals surface area (Å²) in [5.74, 6) is 3.36. The van der Waals surface area contributed by atoms with Crippen LogP contribution in [0.2, 0.25) is 0 Å². The second kappa shape index (κ2) is 12.7. The number of benzene rings is 1. The summed E-state index contributed by atoms with van der Waals surface area (Å²) in [5.41, 5.74) is 5.87. The van der Waals surface area contributed by atoms with Crippen molar-refractivity contribution in [2.24, 2.45) is 28.6 Å². The minimum atomic E-state index is 0.525. The van der Waals surface area contributed by atoms with Crippen LogP contribution in [0, 0.1) is 28.6 Å². The van der Waals surface area contributed by atoms with E-state index in [1.807, 2.05) is 0 Å². The van der Waals surface area contributed by atoms with Gasteiger partial charge in [0.05, 0.1) is 0 Å². The van der Waals surface area contributed by atoms with Crippen LogP contribution in [0.3, 0.4) is 0 Å². The van der Waals surface area contributed by atoms with Gasteiger partial charge in [0.15, 0.2) is 0 Å². The van der Waals surface area contributed by atoms with Gasteiger partial charge in [0.25, 0.3) is 0 Å². The molecule has 3 saturated heterocycles. The van der Waals surface area contributed by atoms with E-state index in [1.54, 1.807) is 11.1 Å². The molecule has 0 radical (unpaired) electrons. The van der Waals surface area contributed by atoms with Gasteiger partial charge in [0, 0.05) is 89.0 Å². The lowest BCUT2D eigenvalue weighted by Gasteiger charge is -2.45. The van der Waals surface area contributed by atoms with E-state index < -0.39 is 0 Å². The Morgan fingerprint density at radius 3 is 2.21 bits per heavy atom. The van der Waals surface area contributed by atoms with Gasteiger partial charge in [0.1, 0.15) is 0 Å². The molecule has 0 amide bonds. The Bertz CT molecular complexity index is 1330. The molecule has 1 aromatic carbocycles. The Labute approximate surface area is 285 Å². The Morgan fingerprint density at radius 1 is 0.809 bits per heavy atom. The van der Waals surface area contributed by atoms with E-state index in [4.69, 9.17) is 0 Å². The lowest BCUT2D eigenvalue weighted by molar-refractivity contribution is 0.0252. The number of fused-ring (bicyclic) bond motifs is 1. The molecule has 47 heavy (non-hydrogen) atoms. The van der Waals surface area contributed by atoms with E-state index in [2.05, 4.69) is 87.0 Å². The summed E-state index contributed by atoms with van der Waals surface area (Å²) in [6.45, 7) is 18.7. The van der Waals surface area contributed by atoms with Gasteiger partial charge in [0.2, 0.25) is 0 Å². The predicted molar refractivity (Wildman–Crippen MR) is 192 cm³/mol. The Balaban J connectivity index is 0.722. The topological polar surface area (TPSA) is 45.8 Å². The monoisotopic (exact) mass is 639 g/mol. The molecular weight excluding hydrogens is 576 g/mol. The van der Waals surface area contributed by atoms with E-state index in [1.165, 1.54) is 122 Å². The SMILES string of the molecule is C[C@@H]1CN(CC2(CNC3CC3C3=CC=CCC3)CC2)[C@@H](C)CN1Cc1cccc(C2CC2NCC2(CN3CC4CNCC4C3)CC2)c1. The molecule has 3 aliphatic heterocycles. The van der Waals surface area contributed by atoms with Crippen LogP contribution >= 0.6 is 0 Å². The third-order valence-corrected chi connectivity index (χ3v) is 14.1. The Kier molecular flexibility index (Phi) is 8.47. The fraction of sp³-hybridized carbons (Fsp3) is 0.756. The molecule has 7 fully saturated rings. The highest BCUT2D eigenvalue weighted by Crippen LogP contribution is 2.50. The van der Waals surface area contributed by atoms with Gasteiger partial charge in [-0.15, -0.1) is 0 Å². The summed E-state index contributed by atoms with van der Waals surface area (Å²) >= 11 is 0. The molecule has 8 aliphatic rings. The van der Waals surface area contributed by atoms with E-state index in [9.17, 15) is 0 Å². The van der Waals surface area contributed by atoms with Crippen molar-refractivity contribution in [1.29, 1.82) is 0 Å². The minimum absolute atomic E-state index is 0.525. The van der Waals surface area contributed by atoms with Crippen molar-refractivity contribution in [2.45, 2.75) is 102 Å². The van der Waals surface area contributed by atoms with Gasteiger partial charge >= 0.3 is 0 Å². The molecule has 6 heteroatoms. The number of hydrogen-bond donors (Lipinski definition) is 3. The zero-order valence-corrected chi connectivity index (χ0v) is 29.4. The maximum absolute atomic E-state index is 4.05. The van der Waals surface area contributed by atoms with Crippen molar-refractivity contribution in [3.05, 3.63) is 59.2 Å².